The molecule has 4 nitrogen and oxygen atoms in total. The van der Waals surface area contributed by atoms with Gasteiger partial charge in [0, 0.05) is 5.56 Å². The topological polar surface area (TPSA) is 54.0 Å². The Hall–Kier alpha value is -3.06. The maximum atomic E-state index is 12.8. The number of pyridine rings is 1. The maximum absolute atomic E-state index is 12.8. The number of rotatable bonds is 4. The molecule has 0 aliphatic carbocycles. The molecule has 3 rings (SSSR count). The lowest BCUT2D eigenvalue weighted by atomic mass is 10.2. The summed E-state index contributed by atoms with van der Waals surface area (Å²) in [7, 11) is 0. The van der Waals surface area contributed by atoms with Crippen molar-refractivity contribution in [2.45, 2.75) is 6.18 Å². The Balaban J connectivity index is 1.72. The van der Waals surface area contributed by atoms with Gasteiger partial charge in [0.2, 0.25) is 0 Å². The summed E-state index contributed by atoms with van der Waals surface area (Å²) < 4.78 is 38.5. The summed E-state index contributed by atoms with van der Waals surface area (Å²) in [5.74, 6) is -0.00651. The average molecular weight is 392 g/mol. The van der Waals surface area contributed by atoms with E-state index in [1.807, 2.05) is 0 Å². The van der Waals surface area contributed by atoms with Crippen molar-refractivity contribution in [1.29, 1.82) is 0 Å². The van der Waals surface area contributed by atoms with E-state index in [0.717, 1.165) is 12.1 Å². The summed E-state index contributed by atoms with van der Waals surface area (Å²) in [5.41, 5.74) is 0.209. The Kier molecular flexibility index (Phi) is 5.32. The Morgan fingerprint density at radius 3 is 2.37 bits per heavy atom. The minimum absolute atomic E-state index is 0.0834. The molecule has 3 aromatic rings. The van der Waals surface area contributed by atoms with Gasteiger partial charge in [-0.3, -0.25) is 4.79 Å². The third kappa shape index (κ3) is 4.77. The first-order valence-electron chi connectivity index (χ1n) is 7.79. The SMILES string of the molecule is O=C(Nc1ccc(Nc2cc(C(F)(F)F)ccc2Cl)nc1)c1ccccc1. The van der Waals surface area contributed by atoms with E-state index in [2.05, 4.69) is 15.6 Å². The normalized spacial score (nSPS) is 11.1. The second-order valence-electron chi connectivity index (χ2n) is 5.57. The van der Waals surface area contributed by atoms with Crippen molar-refractivity contribution in [3.05, 3.63) is 83.0 Å². The number of hydrogen-bond acceptors (Lipinski definition) is 3. The second kappa shape index (κ2) is 7.67. The molecule has 2 N–H and O–H groups in total. The van der Waals surface area contributed by atoms with Gasteiger partial charge in [-0.1, -0.05) is 29.8 Å². The van der Waals surface area contributed by atoms with Crippen molar-refractivity contribution < 1.29 is 18.0 Å². The highest BCUT2D eigenvalue weighted by molar-refractivity contribution is 6.33. The van der Waals surface area contributed by atoms with Crippen LogP contribution in [0, 0.1) is 0 Å². The summed E-state index contributed by atoms with van der Waals surface area (Å²) in [6, 6.07) is 14.7. The van der Waals surface area contributed by atoms with Crippen LogP contribution in [0.25, 0.3) is 0 Å². The van der Waals surface area contributed by atoms with Gasteiger partial charge >= 0.3 is 6.18 Å². The molecule has 8 heteroatoms. The molecule has 1 aromatic heterocycles. The van der Waals surface area contributed by atoms with Gasteiger partial charge < -0.3 is 10.6 Å². The fraction of sp³-hybridized carbons (Fsp3) is 0.0526. The van der Waals surface area contributed by atoms with Crippen molar-refractivity contribution in [3.63, 3.8) is 0 Å². The molecule has 0 saturated heterocycles. The van der Waals surface area contributed by atoms with E-state index in [-0.39, 0.29) is 22.4 Å². The molecule has 27 heavy (non-hydrogen) atoms. The highest BCUT2D eigenvalue weighted by Crippen LogP contribution is 2.34. The molecule has 0 fully saturated rings. The van der Waals surface area contributed by atoms with Crippen LogP contribution in [0.15, 0.2) is 66.9 Å². The number of benzene rings is 2. The first-order valence-corrected chi connectivity index (χ1v) is 8.17. The highest BCUT2D eigenvalue weighted by atomic mass is 35.5. The molecular weight excluding hydrogens is 379 g/mol. The molecule has 0 atom stereocenters. The fourth-order valence-electron chi connectivity index (χ4n) is 2.27. The molecule has 0 aliphatic heterocycles. The molecule has 0 unspecified atom stereocenters. The van der Waals surface area contributed by atoms with Crippen molar-refractivity contribution in [2.24, 2.45) is 0 Å². The van der Waals surface area contributed by atoms with Gasteiger partial charge in [0.25, 0.3) is 5.91 Å². The van der Waals surface area contributed by atoms with Crippen molar-refractivity contribution in [2.75, 3.05) is 10.6 Å². The average Bonchev–Trinajstić information content (AvgIpc) is 2.65. The number of nitrogens with zero attached hydrogens (tertiary/aromatic N) is 1. The predicted molar refractivity (Wildman–Crippen MR) is 98.4 cm³/mol. The van der Waals surface area contributed by atoms with E-state index in [1.54, 1.807) is 36.4 Å². The Morgan fingerprint density at radius 1 is 1.00 bits per heavy atom. The zero-order valence-corrected chi connectivity index (χ0v) is 14.5. The number of alkyl halides is 3. The van der Waals surface area contributed by atoms with E-state index < -0.39 is 11.7 Å². The number of anilines is 3. The first-order chi connectivity index (χ1) is 12.8. The van der Waals surface area contributed by atoms with Crippen LogP contribution < -0.4 is 10.6 Å². The number of carbonyl (C=O) groups is 1. The fourth-order valence-corrected chi connectivity index (χ4v) is 2.43. The summed E-state index contributed by atoms with van der Waals surface area (Å²) in [4.78, 5) is 16.2. The van der Waals surface area contributed by atoms with Crippen LogP contribution in [0.4, 0.5) is 30.4 Å². The van der Waals surface area contributed by atoms with Crippen molar-refractivity contribution in [3.8, 4) is 0 Å². The number of halogens is 4. The van der Waals surface area contributed by atoms with E-state index in [1.165, 1.54) is 18.3 Å². The number of carbonyl (C=O) groups excluding carboxylic acids is 1. The van der Waals surface area contributed by atoms with Crippen molar-refractivity contribution >= 4 is 34.7 Å². The van der Waals surface area contributed by atoms with Gasteiger partial charge in [-0.25, -0.2) is 4.98 Å². The van der Waals surface area contributed by atoms with Gasteiger partial charge in [0.1, 0.15) is 5.82 Å². The lowest BCUT2D eigenvalue weighted by Gasteiger charge is -2.12. The monoisotopic (exact) mass is 391 g/mol. The van der Waals surface area contributed by atoms with E-state index in [4.69, 9.17) is 11.6 Å². The van der Waals surface area contributed by atoms with Crippen LogP contribution in [-0.4, -0.2) is 10.9 Å². The Labute approximate surface area is 158 Å². The minimum atomic E-state index is -4.47. The van der Waals surface area contributed by atoms with Gasteiger partial charge in [-0.05, 0) is 42.5 Å². The zero-order chi connectivity index (χ0) is 19.4. The maximum Gasteiger partial charge on any atom is 0.416 e. The van der Waals surface area contributed by atoms with Crippen LogP contribution in [0.3, 0.4) is 0 Å². The number of nitrogens with one attached hydrogen (secondary N) is 2. The van der Waals surface area contributed by atoms with Crippen molar-refractivity contribution in [1.82, 2.24) is 4.98 Å². The third-order valence-corrected chi connectivity index (χ3v) is 3.94. The molecule has 138 valence electrons. The van der Waals surface area contributed by atoms with Crippen LogP contribution in [0.5, 0.6) is 0 Å². The van der Waals surface area contributed by atoms with E-state index >= 15 is 0 Å². The minimum Gasteiger partial charge on any atom is -0.339 e. The quantitative estimate of drug-likeness (QED) is 0.595. The smallest absolute Gasteiger partial charge is 0.339 e. The third-order valence-electron chi connectivity index (χ3n) is 3.61. The molecule has 0 radical (unpaired) electrons. The Morgan fingerprint density at radius 2 is 1.74 bits per heavy atom. The van der Waals surface area contributed by atoms with Crippen LogP contribution in [0.2, 0.25) is 5.02 Å². The van der Waals surface area contributed by atoms with E-state index in [0.29, 0.717) is 11.3 Å². The molecule has 1 amide bonds. The van der Waals surface area contributed by atoms with E-state index in [9.17, 15) is 18.0 Å². The standard InChI is InChI=1S/C19H13ClF3N3O/c20-15-8-6-13(19(21,22)23)10-16(15)26-17-9-7-14(11-24-17)25-18(27)12-4-2-1-3-5-12/h1-11H,(H,24,26)(H,25,27). The van der Waals surface area contributed by atoms with Crippen LogP contribution >= 0.6 is 11.6 Å². The largest absolute Gasteiger partial charge is 0.416 e. The summed E-state index contributed by atoms with van der Waals surface area (Å²) >= 11 is 5.95. The molecule has 1 heterocycles. The number of hydrogen-bond donors (Lipinski definition) is 2. The molecule has 0 aliphatic rings. The molecular formula is C19H13ClF3N3O. The zero-order valence-electron chi connectivity index (χ0n) is 13.7. The molecule has 0 spiro atoms. The Bertz CT molecular complexity index is 945. The number of aromatic nitrogens is 1. The predicted octanol–water partition coefficient (Wildman–Crippen LogP) is 5.75. The van der Waals surface area contributed by atoms with Gasteiger partial charge in [0.05, 0.1) is 28.2 Å². The summed E-state index contributed by atoms with van der Waals surface area (Å²) in [6.07, 6.45) is -3.08. The lowest BCUT2D eigenvalue weighted by molar-refractivity contribution is -0.137. The van der Waals surface area contributed by atoms with Crippen LogP contribution in [-0.2, 0) is 6.18 Å². The molecule has 0 saturated carbocycles. The van der Waals surface area contributed by atoms with Gasteiger partial charge in [0.15, 0.2) is 0 Å². The molecule has 0 bridgehead atoms. The first kappa shape index (κ1) is 18.7. The second-order valence-corrected chi connectivity index (χ2v) is 5.98. The summed E-state index contributed by atoms with van der Waals surface area (Å²) in [6.45, 7) is 0. The summed E-state index contributed by atoms with van der Waals surface area (Å²) in [5, 5.41) is 5.56. The lowest BCUT2D eigenvalue weighted by Crippen LogP contribution is -2.11. The van der Waals surface area contributed by atoms with Crippen LogP contribution in [0.1, 0.15) is 15.9 Å². The van der Waals surface area contributed by atoms with Gasteiger partial charge in [-0.2, -0.15) is 13.2 Å². The molecule has 2 aromatic carbocycles. The van der Waals surface area contributed by atoms with Gasteiger partial charge in [-0.15, -0.1) is 0 Å². The number of amides is 1. The highest BCUT2D eigenvalue weighted by Gasteiger charge is 2.31.